The molecule has 1 saturated carbocycles. The molecule has 1 aromatic heterocycles. The quantitative estimate of drug-likeness (QED) is 0.479. The molecule has 1 aromatic rings. The molecule has 1 heterocycles. The predicted molar refractivity (Wildman–Crippen MR) is 72.2 cm³/mol. The maximum absolute atomic E-state index is 4.20. The number of hydrogen-bond acceptors (Lipinski definition) is 4. The highest BCUT2D eigenvalue weighted by Gasteiger charge is 2.11. The van der Waals surface area contributed by atoms with Gasteiger partial charge in [-0.05, 0) is 31.9 Å². The third-order valence-electron chi connectivity index (χ3n) is 3.16. The van der Waals surface area contributed by atoms with Crippen molar-refractivity contribution in [2.75, 3.05) is 12.3 Å². The lowest BCUT2D eigenvalue weighted by atomic mass is 9.95. The van der Waals surface area contributed by atoms with Gasteiger partial charge >= 0.3 is 0 Å². The van der Waals surface area contributed by atoms with Crippen molar-refractivity contribution in [3.8, 4) is 0 Å². The van der Waals surface area contributed by atoms with Gasteiger partial charge in [-0.3, -0.25) is 0 Å². The van der Waals surface area contributed by atoms with Gasteiger partial charge in [-0.15, -0.1) is 11.8 Å². The van der Waals surface area contributed by atoms with E-state index < -0.39 is 0 Å². The predicted octanol–water partition coefficient (Wildman–Crippen LogP) is 2.88. The van der Waals surface area contributed by atoms with E-state index in [4.69, 9.17) is 0 Å². The zero-order valence-corrected chi connectivity index (χ0v) is 11.1. The third-order valence-corrected chi connectivity index (χ3v) is 4.19. The number of hydrogen-bond donors (Lipinski definition) is 1. The molecule has 0 saturated heterocycles. The zero-order valence-electron chi connectivity index (χ0n) is 10.3. The van der Waals surface area contributed by atoms with Gasteiger partial charge in [0.15, 0.2) is 0 Å². The molecule has 4 heteroatoms. The Morgan fingerprint density at radius 1 is 1.29 bits per heavy atom. The SMILES string of the molecule is c1cc(SCCCNC2CCCCC2)ncn1. The van der Waals surface area contributed by atoms with Crippen LogP contribution in [0.5, 0.6) is 0 Å². The van der Waals surface area contributed by atoms with E-state index in [1.54, 1.807) is 12.5 Å². The van der Waals surface area contributed by atoms with Crippen molar-refractivity contribution in [1.29, 1.82) is 0 Å². The van der Waals surface area contributed by atoms with E-state index in [1.165, 1.54) is 38.5 Å². The number of nitrogens with one attached hydrogen (secondary N) is 1. The molecule has 0 atom stereocenters. The van der Waals surface area contributed by atoms with Gasteiger partial charge in [0.05, 0.1) is 5.03 Å². The van der Waals surface area contributed by atoms with Crippen LogP contribution in [0.4, 0.5) is 0 Å². The molecule has 1 aliphatic rings. The maximum atomic E-state index is 4.20. The molecule has 1 N–H and O–H groups in total. The Morgan fingerprint density at radius 3 is 2.94 bits per heavy atom. The van der Waals surface area contributed by atoms with Crippen LogP contribution in [-0.4, -0.2) is 28.3 Å². The van der Waals surface area contributed by atoms with Crippen molar-refractivity contribution < 1.29 is 0 Å². The van der Waals surface area contributed by atoms with Gasteiger partial charge in [-0.1, -0.05) is 19.3 Å². The van der Waals surface area contributed by atoms with Crippen LogP contribution in [0.2, 0.25) is 0 Å². The van der Waals surface area contributed by atoms with Crippen LogP contribution in [0.1, 0.15) is 38.5 Å². The fraction of sp³-hybridized carbons (Fsp3) is 0.692. The Balaban J connectivity index is 1.51. The second-order valence-corrected chi connectivity index (χ2v) is 5.65. The van der Waals surface area contributed by atoms with E-state index in [1.807, 2.05) is 17.8 Å². The summed E-state index contributed by atoms with van der Waals surface area (Å²) < 4.78 is 0. The second-order valence-electron chi connectivity index (χ2n) is 4.54. The first-order valence-corrected chi connectivity index (χ1v) is 7.56. The zero-order chi connectivity index (χ0) is 11.8. The highest BCUT2D eigenvalue weighted by Crippen LogP contribution is 2.18. The Hall–Kier alpha value is -0.610. The third kappa shape index (κ3) is 5.04. The van der Waals surface area contributed by atoms with E-state index in [0.717, 1.165) is 23.4 Å². The molecular weight excluding hydrogens is 230 g/mol. The number of rotatable bonds is 6. The van der Waals surface area contributed by atoms with Crippen molar-refractivity contribution in [1.82, 2.24) is 15.3 Å². The summed E-state index contributed by atoms with van der Waals surface area (Å²) in [6, 6.07) is 2.76. The molecule has 1 fully saturated rings. The van der Waals surface area contributed by atoms with Gasteiger partial charge in [0.1, 0.15) is 6.33 Å². The lowest BCUT2D eigenvalue weighted by Crippen LogP contribution is -2.31. The summed E-state index contributed by atoms with van der Waals surface area (Å²) in [6.07, 6.45) is 11.6. The second kappa shape index (κ2) is 7.67. The Labute approximate surface area is 108 Å². The van der Waals surface area contributed by atoms with Crippen LogP contribution < -0.4 is 5.32 Å². The molecule has 0 spiro atoms. The molecular formula is C13H21N3S. The summed E-state index contributed by atoms with van der Waals surface area (Å²) in [5.41, 5.74) is 0. The first-order valence-electron chi connectivity index (χ1n) is 6.57. The monoisotopic (exact) mass is 251 g/mol. The van der Waals surface area contributed by atoms with Crippen molar-refractivity contribution in [3.63, 3.8) is 0 Å². The average molecular weight is 251 g/mol. The standard InChI is InChI=1S/C13H21N3S/c1-2-5-12(6-3-1)15-8-4-10-17-13-7-9-14-11-16-13/h7,9,11-12,15H,1-6,8,10H2. The summed E-state index contributed by atoms with van der Waals surface area (Å²) in [5.74, 6) is 1.14. The molecule has 0 bridgehead atoms. The summed E-state index contributed by atoms with van der Waals surface area (Å²) in [6.45, 7) is 1.14. The lowest BCUT2D eigenvalue weighted by Gasteiger charge is -2.22. The van der Waals surface area contributed by atoms with E-state index in [9.17, 15) is 0 Å². The van der Waals surface area contributed by atoms with Crippen LogP contribution in [0.15, 0.2) is 23.6 Å². The number of aromatic nitrogens is 2. The van der Waals surface area contributed by atoms with Crippen LogP contribution in [-0.2, 0) is 0 Å². The fourth-order valence-electron chi connectivity index (χ4n) is 2.23. The number of nitrogens with zero attached hydrogens (tertiary/aromatic N) is 2. The smallest absolute Gasteiger partial charge is 0.116 e. The topological polar surface area (TPSA) is 37.8 Å². The van der Waals surface area contributed by atoms with Gasteiger partial charge in [0.2, 0.25) is 0 Å². The van der Waals surface area contributed by atoms with Gasteiger partial charge in [0.25, 0.3) is 0 Å². The fourth-order valence-corrected chi connectivity index (χ4v) is 3.00. The minimum Gasteiger partial charge on any atom is -0.314 e. The van der Waals surface area contributed by atoms with E-state index in [0.29, 0.717) is 0 Å². The molecule has 17 heavy (non-hydrogen) atoms. The average Bonchev–Trinajstić information content (AvgIpc) is 2.41. The molecule has 0 aliphatic heterocycles. The van der Waals surface area contributed by atoms with Crippen LogP contribution in [0, 0.1) is 0 Å². The molecule has 2 rings (SSSR count). The van der Waals surface area contributed by atoms with Gasteiger partial charge in [-0.25, -0.2) is 9.97 Å². The van der Waals surface area contributed by atoms with Crippen LogP contribution in [0.3, 0.4) is 0 Å². The lowest BCUT2D eigenvalue weighted by molar-refractivity contribution is 0.375. The van der Waals surface area contributed by atoms with Crippen molar-refractivity contribution in [2.24, 2.45) is 0 Å². The Morgan fingerprint density at radius 2 is 2.18 bits per heavy atom. The molecule has 0 amide bonds. The molecule has 0 unspecified atom stereocenters. The van der Waals surface area contributed by atoms with E-state index in [-0.39, 0.29) is 0 Å². The van der Waals surface area contributed by atoms with E-state index >= 15 is 0 Å². The summed E-state index contributed by atoms with van der Waals surface area (Å²) in [7, 11) is 0. The molecule has 0 radical (unpaired) electrons. The number of thioether (sulfide) groups is 1. The first-order chi connectivity index (χ1) is 8.45. The van der Waals surface area contributed by atoms with Gasteiger partial charge in [-0.2, -0.15) is 0 Å². The van der Waals surface area contributed by atoms with Crippen LogP contribution in [0.25, 0.3) is 0 Å². The Bertz CT molecular complexity index is 299. The minimum atomic E-state index is 0.785. The van der Waals surface area contributed by atoms with Gasteiger partial charge in [0, 0.05) is 18.0 Å². The highest BCUT2D eigenvalue weighted by molar-refractivity contribution is 7.99. The molecule has 1 aliphatic carbocycles. The molecule has 94 valence electrons. The van der Waals surface area contributed by atoms with Crippen molar-refractivity contribution in [2.45, 2.75) is 49.6 Å². The van der Waals surface area contributed by atoms with E-state index in [2.05, 4.69) is 15.3 Å². The summed E-state index contributed by atoms with van der Waals surface area (Å²) >= 11 is 1.82. The summed E-state index contributed by atoms with van der Waals surface area (Å²) in [5, 5.41) is 4.74. The summed E-state index contributed by atoms with van der Waals surface area (Å²) in [4.78, 5) is 8.11. The highest BCUT2D eigenvalue weighted by atomic mass is 32.2. The molecule has 3 nitrogen and oxygen atoms in total. The largest absolute Gasteiger partial charge is 0.314 e. The maximum Gasteiger partial charge on any atom is 0.116 e. The normalized spacial score (nSPS) is 17.2. The van der Waals surface area contributed by atoms with Gasteiger partial charge < -0.3 is 5.32 Å². The molecule has 0 aromatic carbocycles. The first kappa shape index (κ1) is 12.8. The minimum absolute atomic E-state index is 0.785. The van der Waals surface area contributed by atoms with Crippen LogP contribution >= 0.6 is 11.8 Å². The van der Waals surface area contributed by atoms with Crippen molar-refractivity contribution in [3.05, 3.63) is 18.6 Å². The Kier molecular flexibility index (Phi) is 5.79. The van der Waals surface area contributed by atoms with Crippen molar-refractivity contribution >= 4 is 11.8 Å².